The summed E-state index contributed by atoms with van der Waals surface area (Å²) in [5.74, 6) is -0.259. The zero-order valence-electron chi connectivity index (χ0n) is 13.3. The van der Waals surface area contributed by atoms with Crippen molar-refractivity contribution in [3.63, 3.8) is 0 Å². The maximum atomic E-state index is 13.8. The van der Waals surface area contributed by atoms with E-state index in [-0.39, 0.29) is 11.7 Å². The van der Waals surface area contributed by atoms with Crippen LogP contribution < -0.4 is 4.90 Å². The summed E-state index contributed by atoms with van der Waals surface area (Å²) in [6, 6.07) is 12.5. The van der Waals surface area contributed by atoms with Crippen LogP contribution >= 0.6 is 27.3 Å². The van der Waals surface area contributed by atoms with Gasteiger partial charge in [0.1, 0.15) is 11.3 Å². The lowest BCUT2D eigenvalue weighted by molar-refractivity contribution is 0.0746. The van der Waals surface area contributed by atoms with Crippen molar-refractivity contribution in [2.75, 3.05) is 31.1 Å². The SMILES string of the molecule is O=C(c1ccccc1Br)N1CCN(c2nc3c(F)cccc3s2)CC1. The Labute approximate surface area is 157 Å². The van der Waals surface area contributed by atoms with E-state index in [1.54, 1.807) is 6.07 Å². The highest BCUT2D eigenvalue weighted by Crippen LogP contribution is 2.31. The van der Waals surface area contributed by atoms with Gasteiger partial charge in [0.05, 0.1) is 10.3 Å². The fraction of sp³-hybridized carbons (Fsp3) is 0.222. The average Bonchev–Trinajstić information content (AvgIpc) is 3.07. The van der Waals surface area contributed by atoms with Crippen molar-refractivity contribution in [1.29, 1.82) is 0 Å². The number of para-hydroxylation sites is 1. The van der Waals surface area contributed by atoms with Crippen LogP contribution in [0.4, 0.5) is 9.52 Å². The van der Waals surface area contributed by atoms with E-state index < -0.39 is 0 Å². The van der Waals surface area contributed by atoms with Crippen LogP contribution in [0.15, 0.2) is 46.9 Å². The van der Waals surface area contributed by atoms with Gasteiger partial charge in [0.2, 0.25) is 0 Å². The third-order valence-electron chi connectivity index (χ3n) is 4.30. The number of amides is 1. The molecule has 1 aliphatic heterocycles. The smallest absolute Gasteiger partial charge is 0.255 e. The van der Waals surface area contributed by atoms with Crippen LogP contribution in [0.25, 0.3) is 10.2 Å². The van der Waals surface area contributed by atoms with Gasteiger partial charge in [-0.1, -0.05) is 29.5 Å². The highest BCUT2D eigenvalue weighted by atomic mass is 79.9. The molecule has 0 radical (unpaired) electrons. The van der Waals surface area contributed by atoms with Crippen LogP contribution in [0.1, 0.15) is 10.4 Å². The van der Waals surface area contributed by atoms with Gasteiger partial charge in [0.15, 0.2) is 5.13 Å². The Morgan fingerprint density at radius 3 is 2.56 bits per heavy atom. The first-order chi connectivity index (χ1) is 12.1. The third kappa shape index (κ3) is 3.14. The fourth-order valence-corrected chi connectivity index (χ4v) is 4.43. The molecule has 0 saturated carbocycles. The predicted octanol–water partition coefficient (Wildman–Crippen LogP) is 4.16. The maximum absolute atomic E-state index is 13.8. The van der Waals surface area contributed by atoms with Crippen LogP contribution in [0, 0.1) is 5.82 Å². The first-order valence-electron chi connectivity index (χ1n) is 7.97. The molecule has 4 rings (SSSR count). The molecule has 1 saturated heterocycles. The predicted molar refractivity (Wildman–Crippen MR) is 102 cm³/mol. The summed E-state index contributed by atoms with van der Waals surface area (Å²) < 4.78 is 15.5. The molecule has 2 aromatic carbocycles. The highest BCUT2D eigenvalue weighted by molar-refractivity contribution is 9.10. The average molecular weight is 420 g/mol. The molecular formula is C18H15BrFN3OS. The molecule has 4 nitrogen and oxygen atoms in total. The summed E-state index contributed by atoms with van der Waals surface area (Å²) in [6.07, 6.45) is 0. The van der Waals surface area contributed by atoms with Crippen LogP contribution in [0.3, 0.4) is 0 Å². The van der Waals surface area contributed by atoms with E-state index in [2.05, 4.69) is 25.8 Å². The summed E-state index contributed by atoms with van der Waals surface area (Å²) in [6.45, 7) is 2.63. The number of halogens is 2. The second-order valence-electron chi connectivity index (χ2n) is 5.84. The van der Waals surface area contributed by atoms with Crippen molar-refractivity contribution in [3.05, 3.63) is 58.3 Å². The van der Waals surface area contributed by atoms with Gasteiger partial charge >= 0.3 is 0 Å². The first-order valence-corrected chi connectivity index (χ1v) is 9.58. The van der Waals surface area contributed by atoms with Crippen molar-refractivity contribution in [3.8, 4) is 0 Å². The number of hydrogen-bond acceptors (Lipinski definition) is 4. The van der Waals surface area contributed by atoms with Gasteiger partial charge in [-0.2, -0.15) is 0 Å². The Hall–Kier alpha value is -1.99. The Balaban J connectivity index is 1.48. The number of anilines is 1. The number of carbonyl (C=O) groups is 1. The number of benzene rings is 2. The van der Waals surface area contributed by atoms with Gasteiger partial charge in [-0.05, 0) is 40.2 Å². The minimum absolute atomic E-state index is 0.0301. The number of fused-ring (bicyclic) bond motifs is 1. The molecule has 0 unspecified atom stereocenters. The molecule has 1 fully saturated rings. The standard InChI is InChI=1S/C18H15BrFN3OS/c19-13-5-2-1-4-12(13)17(24)22-8-10-23(11-9-22)18-21-16-14(20)6-3-7-15(16)25-18/h1-7H,8-11H2. The summed E-state index contributed by atoms with van der Waals surface area (Å²) in [5.41, 5.74) is 1.10. The minimum atomic E-state index is -0.289. The third-order valence-corrected chi connectivity index (χ3v) is 6.07. The molecule has 0 atom stereocenters. The van der Waals surface area contributed by atoms with Crippen LogP contribution in [0.5, 0.6) is 0 Å². The van der Waals surface area contributed by atoms with Crippen molar-refractivity contribution >= 4 is 48.5 Å². The Morgan fingerprint density at radius 1 is 1.08 bits per heavy atom. The molecule has 0 aliphatic carbocycles. The molecule has 128 valence electrons. The number of nitrogens with zero attached hydrogens (tertiary/aromatic N) is 3. The molecule has 1 aromatic heterocycles. The van der Waals surface area contributed by atoms with Gasteiger partial charge in [-0.25, -0.2) is 9.37 Å². The molecular weight excluding hydrogens is 405 g/mol. The summed E-state index contributed by atoms with van der Waals surface area (Å²) >= 11 is 4.93. The summed E-state index contributed by atoms with van der Waals surface area (Å²) in [7, 11) is 0. The van der Waals surface area contributed by atoms with E-state index in [1.165, 1.54) is 17.4 Å². The van der Waals surface area contributed by atoms with Gasteiger partial charge in [0, 0.05) is 30.7 Å². The van der Waals surface area contributed by atoms with E-state index in [4.69, 9.17) is 0 Å². The second kappa shape index (κ2) is 6.72. The van der Waals surface area contributed by atoms with E-state index in [0.29, 0.717) is 37.3 Å². The topological polar surface area (TPSA) is 36.4 Å². The first kappa shape index (κ1) is 16.5. The zero-order valence-corrected chi connectivity index (χ0v) is 15.7. The Kier molecular flexibility index (Phi) is 4.43. The number of thiazole rings is 1. The summed E-state index contributed by atoms with van der Waals surface area (Å²) in [4.78, 5) is 21.1. The largest absolute Gasteiger partial charge is 0.345 e. The number of piperazine rings is 1. The number of aromatic nitrogens is 1. The molecule has 0 N–H and O–H groups in total. The van der Waals surface area contributed by atoms with Crippen molar-refractivity contribution in [2.24, 2.45) is 0 Å². The van der Waals surface area contributed by atoms with Crippen molar-refractivity contribution in [1.82, 2.24) is 9.88 Å². The Bertz CT molecular complexity index is 937. The number of carbonyl (C=O) groups excluding carboxylic acids is 1. The van der Waals surface area contributed by atoms with Crippen LogP contribution in [-0.2, 0) is 0 Å². The quantitative estimate of drug-likeness (QED) is 0.625. The van der Waals surface area contributed by atoms with Crippen molar-refractivity contribution < 1.29 is 9.18 Å². The molecule has 0 spiro atoms. The minimum Gasteiger partial charge on any atom is -0.345 e. The van der Waals surface area contributed by atoms with Gasteiger partial charge in [0.25, 0.3) is 5.91 Å². The van der Waals surface area contributed by atoms with E-state index in [9.17, 15) is 9.18 Å². The molecule has 7 heteroatoms. The molecule has 1 amide bonds. The fourth-order valence-electron chi connectivity index (χ4n) is 2.94. The number of hydrogen-bond donors (Lipinski definition) is 0. The summed E-state index contributed by atoms with van der Waals surface area (Å²) in [5, 5.41) is 0.813. The van der Waals surface area contributed by atoms with E-state index in [0.717, 1.165) is 14.3 Å². The lowest BCUT2D eigenvalue weighted by Gasteiger charge is -2.34. The number of rotatable bonds is 2. The highest BCUT2D eigenvalue weighted by Gasteiger charge is 2.25. The van der Waals surface area contributed by atoms with Crippen LogP contribution in [-0.4, -0.2) is 42.0 Å². The molecule has 0 bridgehead atoms. The molecule has 25 heavy (non-hydrogen) atoms. The van der Waals surface area contributed by atoms with Gasteiger partial charge < -0.3 is 9.80 Å². The van der Waals surface area contributed by atoms with Gasteiger partial charge in [-0.15, -0.1) is 0 Å². The van der Waals surface area contributed by atoms with E-state index >= 15 is 0 Å². The lowest BCUT2D eigenvalue weighted by Crippen LogP contribution is -2.48. The van der Waals surface area contributed by atoms with Gasteiger partial charge in [-0.3, -0.25) is 4.79 Å². The second-order valence-corrected chi connectivity index (χ2v) is 7.71. The molecule has 2 heterocycles. The monoisotopic (exact) mass is 419 g/mol. The Morgan fingerprint density at radius 2 is 1.84 bits per heavy atom. The molecule has 3 aromatic rings. The van der Waals surface area contributed by atoms with E-state index in [1.807, 2.05) is 35.2 Å². The lowest BCUT2D eigenvalue weighted by atomic mass is 10.2. The molecule has 1 aliphatic rings. The maximum Gasteiger partial charge on any atom is 0.255 e. The van der Waals surface area contributed by atoms with Crippen LogP contribution in [0.2, 0.25) is 0 Å². The van der Waals surface area contributed by atoms with Crippen molar-refractivity contribution in [2.45, 2.75) is 0 Å². The normalized spacial score (nSPS) is 15.0. The zero-order chi connectivity index (χ0) is 17.4.